The number of hydrogen-bond donors (Lipinski definition) is 2. The normalized spacial score (nSPS) is 20.3. The van der Waals surface area contributed by atoms with Crippen LogP contribution in [0.4, 0.5) is 5.69 Å². The first-order valence-corrected chi connectivity index (χ1v) is 6.95. The summed E-state index contributed by atoms with van der Waals surface area (Å²) in [6.07, 6.45) is 0. The molecule has 0 spiro atoms. The molecule has 1 fully saturated rings. The van der Waals surface area contributed by atoms with Gasteiger partial charge < -0.3 is 10.6 Å². The molecule has 5 heteroatoms. The summed E-state index contributed by atoms with van der Waals surface area (Å²) in [4.78, 5) is 14.2. The van der Waals surface area contributed by atoms with Gasteiger partial charge in [-0.3, -0.25) is 9.69 Å². The van der Waals surface area contributed by atoms with Crippen molar-refractivity contribution in [2.75, 3.05) is 31.5 Å². The fraction of sp³-hybridized carbons (Fsp3) is 0.500. The lowest BCUT2D eigenvalue weighted by Gasteiger charge is -2.33. The van der Waals surface area contributed by atoms with Gasteiger partial charge in [-0.05, 0) is 37.6 Å². The second-order valence-electron chi connectivity index (χ2n) is 5.03. The second kappa shape index (κ2) is 6.37. The summed E-state index contributed by atoms with van der Waals surface area (Å²) < 4.78 is 0. The molecule has 1 saturated heterocycles. The van der Waals surface area contributed by atoms with Gasteiger partial charge in [-0.2, -0.15) is 0 Å². The number of rotatable bonds is 3. The van der Waals surface area contributed by atoms with Crippen molar-refractivity contribution < 1.29 is 4.79 Å². The largest absolute Gasteiger partial charge is 0.325 e. The van der Waals surface area contributed by atoms with Crippen molar-refractivity contribution in [3.63, 3.8) is 0 Å². The first-order valence-electron chi connectivity index (χ1n) is 6.57. The number of benzene rings is 1. The Hall–Kier alpha value is -1.10. The molecule has 104 valence electrons. The van der Waals surface area contributed by atoms with Crippen LogP contribution in [0.3, 0.4) is 0 Å². The zero-order chi connectivity index (χ0) is 13.8. The Balaban J connectivity index is 1.93. The third kappa shape index (κ3) is 3.93. The highest BCUT2D eigenvalue weighted by Gasteiger charge is 2.20. The molecule has 1 atom stereocenters. The van der Waals surface area contributed by atoms with E-state index in [-0.39, 0.29) is 5.91 Å². The van der Waals surface area contributed by atoms with Crippen molar-refractivity contribution >= 4 is 23.2 Å². The fourth-order valence-electron chi connectivity index (χ4n) is 2.26. The first-order chi connectivity index (χ1) is 9.06. The number of halogens is 1. The van der Waals surface area contributed by atoms with Crippen molar-refractivity contribution in [3.8, 4) is 0 Å². The summed E-state index contributed by atoms with van der Waals surface area (Å²) in [7, 11) is 0. The summed E-state index contributed by atoms with van der Waals surface area (Å²) in [6, 6.07) is 5.88. The number of nitrogens with zero attached hydrogens (tertiary/aromatic N) is 1. The molecule has 1 aliphatic rings. The molecule has 0 bridgehead atoms. The van der Waals surface area contributed by atoms with Gasteiger partial charge in [0.15, 0.2) is 0 Å². The van der Waals surface area contributed by atoms with Crippen molar-refractivity contribution in [3.05, 3.63) is 28.8 Å². The van der Waals surface area contributed by atoms with Crippen LogP contribution in [0.5, 0.6) is 0 Å². The van der Waals surface area contributed by atoms with E-state index in [1.54, 1.807) is 6.07 Å². The van der Waals surface area contributed by atoms with E-state index in [1.165, 1.54) is 0 Å². The van der Waals surface area contributed by atoms with Crippen LogP contribution in [0.2, 0.25) is 5.02 Å². The molecule has 1 heterocycles. The predicted molar refractivity (Wildman–Crippen MR) is 78.7 cm³/mol. The van der Waals surface area contributed by atoms with Gasteiger partial charge in [0.2, 0.25) is 5.91 Å². The number of piperazine rings is 1. The number of amides is 1. The molecule has 1 aromatic carbocycles. The molecule has 0 unspecified atom stereocenters. The van der Waals surface area contributed by atoms with Crippen LogP contribution in [0.15, 0.2) is 18.2 Å². The van der Waals surface area contributed by atoms with Crippen molar-refractivity contribution in [2.24, 2.45) is 0 Å². The highest BCUT2D eigenvalue weighted by atomic mass is 35.5. The molecule has 0 saturated carbocycles. The van der Waals surface area contributed by atoms with E-state index in [1.807, 2.05) is 19.1 Å². The molecule has 1 aromatic rings. The van der Waals surface area contributed by atoms with Crippen molar-refractivity contribution in [1.29, 1.82) is 0 Å². The Kier molecular flexibility index (Phi) is 4.80. The summed E-state index contributed by atoms with van der Waals surface area (Å²) in [5.74, 6) is 0.0270. The molecule has 0 radical (unpaired) electrons. The van der Waals surface area contributed by atoms with Gasteiger partial charge in [0.1, 0.15) is 0 Å². The average molecular weight is 282 g/mol. The summed E-state index contributed by atoms with van der Waals surface area (Å²) in [6.45, 7) is 7.30. The topological polar surface area (TPSA) is 44.4 Å². The van der Waals surface area contributed by atoms with Gasteiger partial charge in [0.05, 0.1) is 6.54 Å². The van der Waals surface area contributed by atoms with Crippen LogP contribution in [-0.2, 0) is 4.79 Å². The molecule has 1 amide bonds. The van der Waals surface area contributed by atoms with Crippen LogP contribution < -0.4 is 10.6 Å². The lowest BCUT2D eigenvalue weighted by Crippen LogP contribution is -2.52. The smallest absolute Gasteiger partial charge is 0.238 e. The first kappa shape index (κ1) is 14.3. The number of anilines is 1. The molecule has 0 aliphatic carbocycles. The van der Waals surface area contributed by atoms with Gasteiger partial charge in [-0.15, -0.1) is 0 Å². The van der Waals surface area contributed by atoms with Crippen molar-refractivity contribution in [2.45, 2.75) is 19.9 Å². The summed E-state index contributed by atoms with van der Waals surface area (Å²) >= 11 is 5.90. The number of aryl methyl sites for hydroxylation is 1. The number of carbonyl (C=O) groups is 1. The average Bonchev–Trinajstić information content (AvgIpc) is 2.36. The maximum absolute atomic E-state index is 12.1. The Morgan fingerprint density at radius 2 is 2.37 bits per heavy atom. The van der Waals surface area contributed by atoms with E-state index in [4.69, 9.17) is 11.6 Å². The minimum absolute atomic E-state index is 0.0270. The predicted octanol–water partition coefficient (Wildman–Crippen LogP) is 1.88. The Morgan fingerprint density at radius 3 is 3.05 bits per heavy atom. The van der Waals surface area contributed by atoms with Crippen LogP contribution in [0, 0.1) is 6.92 Å². The number of nitrogens with one attached hydrogen (secondary N) is 2. The van der Waals surface area contributed by atoms with Gasteiger partial charge in [-0.25, -0.2) is 0 Å². The lowest BCUT2D eigenvalue weighted by atomic mass is 10.2. The second-order valence-corrected chi connectivity index (χ2v) is 5.47. The van der Waals surface area contributed by atoms with Crippen LogP contribution in [0.25, 0.3) is 0 Å². The van der Waals surface area contributed by atoms with Crippen molar-refractivity contribution in [1.82, 2.24) is 10.2 Å². The zero-order valence-electron chi connectivity index (χ0n) is 11.4. The SMILES string of the molecule is Cc1cc(Cl)ccc1NC(=O)CN1CCNC[C@H]1C. The van der Waals surface area contributed by atoms with E-state index in [0.29, 0.717) is 17.6 Å². The number of carbonyl (C=O) groups excluding carboxylic acids is 1. The van der Waals surface area contributed by atoms with Gasteiger partial charge in [0.25, 0.3) is 0 Å². The quantitative estimate of drug-likeness (QED) is 0.889. The molecule has 1 aliphatic heterocycles. The highest BCUT2D eigenvalue weighted by molar-refractivity contribution is 6.30. The summed E-state index contributed by atoms with van der Waals surface area (Å²) in [5, 5.41) is 6.95. The minimum atomic E-state index is 0.0270. The van der Waals surface area contributed by atoms with Crippen LogP contribution >= 0.6 is 11.6 Å². The monoisotopic (exact) mass is 281 g/mol. The van der Waals surface area contributed by atoms with E-state index < -0.39 is 0 Å². The van der Waals surface area contributed by atoms with Gasteiger partial charge in [0, 0.05) is 36.4 Å². The third-order valence-corrected chi connectivity index (χ3v) is 3.68. The Labute approximate surface area is 119 Å². The zero-order valence-corrected chi connectivity index (χ0v) is 12.1. The maximum Gasteiger partial charge on any atom is 0.238 e. The lowest BCUT2D eigenvalue weighted by molar-refractivity contribution is -0.118. The van der Waals surface area contributed by atoms with E-state index in [9.17, 15) is 4.79 Å². The molecular formula is C14H20ClN3O. The number of hydrogen-bond acceptors (Lipinski definition) is 3. The van der Waals surface area contributed by atoms with E-state index in [2.05, 4.69) is 22.5 Å². The maximum atomic E-state index is 12.1. The molecule has 2 N–H and O–H groups in total. The van der Waals surface area contributed by atoms with E-state index in [0.717, 1.165) is 30.9 Å². The highest BCUT2D eigenvalue weighted by Crippen LogP contribution is 2.19. The fourth-order valence-corrected chi connectivity index (χ4v) is 2.49. The van der Waals surface area contributed by atoms with Crippen LogP contribution in [0.1, 0.15) is 12.5 Å². The van der Waals surface area contributed by atoms with Gasteiger partial charge in [-0.1, -0.05) is 11.6 Å². The third-order valence-electron chi connectivity index (χ3n) is 3.45. The minimum Gasteiger partial charge on any atom is -0.325 e. The Bertz CT molecular complexity index is 464. The van der Waals surface area contributed by atoms with E-state index >= 15 is 0 Å². The molecule has 19 heavy (non-hydrogen) atoms. The molecular weight excluding hydrogens is 262 g/mol. The van der Waals surface area contributed by atoms with Crippen LogP contribution in [-0.4, -0.2) is 43.0 Å². The van der Waals surface area contributed by atoms with Gasteiger partial charge >= 0.3 is 0 Å². The molecule has 4 nitrogen and oxygen atoms in total. The summed E-state index contributed by atoms with van der Waals surface area (Å²) in [5.41, 5.74) is 1.81. The standard InChI is InChI=1S/C14H20ClN3O/c1-10-7-12(15)3-4-13(10)17-14(19)9-18-6-5-16-8-11(18)2/h3-4,7,11,16H,5-6,8-9H2,1-2H3,(H,17,19)/t11-/m1/s1. The molecule has 0 aromatic heterocycles. The Morgan fingerprint density at radius 1 is 1.58 bits per heavy atom. The molecule has 2 rings (SSSR count).